The number of rotatable bonds is 4. The average molecular weight is 461 g/mol. The summed E-state index contributed by atoms with van der Waals surface area (Å²) >= 11 is 6.41. The second-order valence-corrected chi connectivity index (χ2v) is 7.80. The molecule has 32 heavy (non-hydrogen) atoms. The maximum atomic E-state index is 13.2. The highest BCUT2D eigenvalue weighted by Crippen LogP contribution is 2.39. The van der Waals surface area contributed by atoms with Crippen LogP contribution in [-0.4, -0.2) is 36.6 Å². The molecule has 0 bridgehead atoms. The predicted molar refractivity (Wildman–Crippen MR) is 110 cm³/mol. The molecule has 0 fully saturated rings. The zero-order chi connectivity index (χ0) is 22.3. The van der Waals surface area contributed by atoms with Gasteiger partial charge >= 0.3 is 6.18 Å². The number of ether oxygens (including phenoxy) is 1. The number of aromatic nitrogens is 6. The largest absolute Gasteiger partial charge is 0.493 e. The number of H-pyrrole nitrogens is 1. The van der Waals surface area contributed by atoms with Crippen LogP contribution in [0.4, 0.5) is 13.2 Å². The molecule has 0 amide bonds. The number of hydrogen-bond acceptors (Lipinski definition) is 5. The number of nitrogens with zero attached hydrogens (tertiary/aromatic N) is 5. The third kappa shape index (κ3) is 3.81. The number of imidazole rings is 1. The summed E-state index contributed by atoms with van der Waals surface area (Å²) in [7, 11) is 0. The molecule has 1 atom stereocenters. The fourth-order valence-corrected chi connectivity index (χ4v) is 4.19. The van der Waals surface area contributed by atoms with Crippen LogP contribution in [0.2, 0.25) is 5.02 Å². The Bertz CT molecular complexity index is 1270. The molecular formula is C21H16ClF3N6O. The highest BCUT2D eigenvalue weighted by atomic mass is 35.5. The first-order chi connectivity index (χ1) is 15.4. The van der Waals surface area contributed by atoms with Gasteiger partial charge in [-0.2, -0.15) is 28.6 Å². The van der Waals surface area contributed by atoms with Crippen LogP contribution < -0.4 is 4.74 Å². The van der Waals surface area contributed by atoms with Gasteiger partial charge in [-0.25, -0.2) is 4.98 Å². The smallest absolute Gasteiger partial charge is 0.437 e. The molecule has 3 aromatic heterocycles. The minimum atomic E-state index is -4.62. The average Bonchev–Trinajstić information content (AvgIpc) is 3.44. The molecule has 7 nitrogen and oxygen atoms in total. The molecular weight excluding hydrogens is 445 g/mol. The summed E-state index contributed by atoms with van der Waals surface area (Å²) in [4.78, 5) is 8.66. The Morgan fingerprint density at radius 1 is 1.16 bits per heavy atom. The van der Waals surface area contributed by atoms with Crippen LogP contribution in [0.15, 0.2) is 49.1 Å². The lowest BCUT2D eigenvalue weighted by molar-refractivity contribution is -0.140. The van der Waals surface area contributed by atoms with Gasteiger partial charge in [0, 0.05) is 41.0 Å². The maximum absolute atomic E-state index is 13.2. The second-order valence-electron chi connectivity index (χ2n) is 7.39. The number of halogens is 4. The molecule has 1 aromatic carbocycles. The molecule has 4 aromatic rings. The number of fused-ring (bicyclic) bond motifs is 1. The minimum absolute atomic E-state index is 0.151. The van der Waals surface area contributed by atoms with Crippen molar-refractivity contribution >= 4 is 11.6 Å². The van der Waals surface area contributed by atoms with Crippen molar-refractivity contribution in [3.8, 4) is 28.4 Å². The lowest BCUT2D eigenvalue weighted by Crippen LogP contribution is -2.18. The number of aromatic amines is 1. The molecule has 1 N–H and O–H groups in total. The molecule has 0 spiro atoms. The first kappa shape index (κ1) is 20.5. The SMILES string of the molecule is FC(F)(F)c1n[nH]nc1-c1ccnc(-c2cn(C[C@@H]3CCOc4cccc(Cl)c43)cn2)c1. The Balaban J connectivity index is 1.41. The minimum Gasteiger partial charge on any atom is -0.493 e. The summed E-state index contributed by atoms with van der Waals surface area (Å²) in [5.74, 6) is 0.940. The van der Waals surface area contributed by atoms with E-state index in [4.69, 9.17) is 16.3 Å². The standard InChI is InChI=1S/C21H16ClF3N6O/c22-14-2-1-3-17-18(14)13(5-7-32-17)9-31-10-16(27-11-31)15-8-12(4-6-26-15)19-20(21(23,24)25)29-30-28-19/h1-4,6,8,10-11,13H,5,7,9H2,(H,28,29,30)/t13-/m0/s1. The highest BCUT2D eigenvalue weighted by molar-refractivity contribution is 6.31. The van der Waals surface area contributed by atoms with Crippen molar-refractivity contribution in [2.75, 3.05) is 6.61 Å². The molecule has 0 radical (unpaired) electrons. The summed E-state index contributed by atoms with van der Waals surface area (Å²) < 4.78 is 47.2. The lowest BCUT2D eigenvalue weighted by atomic mass is 9.93. The summed E-state index contributed by atoms with van der Waals surface area (Å²) in [6, 6.07) is 8.57. The topological polar surface area (TPSA) is 81.5 Å². The molecule has 0 aliphatic carbocycles. The van der Waals surface area contributed by atoms with Crippen molar-refractivity contribution in [2.24, 2.45) is 0 Å². The molecule has 11 heteroatoms. The van der Waals surface area contributed by atoms with E-state index >= 15 is 0 Å². The van der Waals surface area contributed by atoms with Crippen LogP contribution >= 0.6 is 11.6 Å². The highest BCUT2D eigenvalue weighted by Gasteiger charge is 2.38. The summed E-state index contributed by atoms with van der Waals surface area (Å²) in [6.07, 6.45) is 1.10. The molecule has 0 saturated heterocycles. The number of pyridine rings is 1. The fraction of sp³-hybridized carbons (Fsp3) is 0.238. The van der Waals surface area contributed by atoms with Crippen LogP contribution in [0.25, 0.3) is 22.6 Å². The van der Waals surface area contributed by atoms with E-state index in [1.54, 1.807) is 6.33 Å². The Kier molecular flexibility index (Phi) is 5.09. The van der Waals surface area contributed by atoms with Gasteiger partial charge in [0.1, 0.15) is 17.1 Å². The molecule has 1 aliphatic rings. The third-order valence-electron chi connectivity index (χ3n) is 5.32. The van der Waals surface area contributed by atoms with Gasteiger partial charge in [0.05, 0.1) is 18.6 Å². The van der Waals surface area contributed by atoms with Gasteiger partial charge in [0.25, 0.3) is 0 Å². The molecule has 5 rings (SSSR count). The van der Waals surface area contributed by atoms with Crippen LogP contribution in [0.3, 0.4) is 0 Å². The molecule has 4 heterocycles. The molecule has 164 valence electrons. The van der Waals surface area contributed by atoms with Gasteiger partial charge in [-0.3, -0.25) is 4.98 Å². The number of benzene rings is 1. The van der Waals surface area contributed by atoms with E-state index in [1.165, 1.54) is 18.3 Å². The summed E-state index contributed by atoms with van der Waals surface area (Å²) in [6.45, 7) is 1.23. The van der Waals surface area contributed by atoms with E-state index < -0.39 is 11.9 Å². The normalized spacial score (nSPS) is 15.9. The first-order valence-corrected chi connectivity index (χ1v) is 10.2. The summed E-state index contributed by atoms with van der Waals surface area (Å²) in [5.41, 5.74) is 0.833. The maximum Gasteiger partial charge on any atom is 0.437 e. The van der Waals surface area contributed by atoms with Crippen molar-refractivity contribution < 1.29 is 17.9 Å². The van der Waals surface area contributed by atoms with Crippen molar-refractivity contribution in [2.45, 2.75) is 25.1 Å². The molecule has 1 aliphatic heterocycles. The van der Waals surface area contributed by atoms with Gasteiger partial charge in [-0.1, -0.05) is 17.7 Å². The van der Waals surface area contributed by atoms with E-state index in [0.717, 1.165) is 17.7 Å². The first-order valence-electron chi connectivity index (χ1n) is 9.78. The molecule has 0 unspecified atom stereocenters. The van der Waals surface area contributed by atoms with Crippen LogP contribution in [0, 0.1) is 0 Å². The second kappa shape index (κ2) is 7.94. The Morgan fingerprint density at radius 2 is 2.03 bits per heavy atom. The summed E-state index contributed by atoms with van der Waals surface area (Å²) in [5, 5.41) is 9.61. The Morgan fingerprint density at radius 3 is 2.88 bits per heavy atom. The molecule has 0 saturated carbocycles. The van der Waals surface area contributed by atoms with Crippen molar-refractivity contribution in [1.82, 2.24) is 29.9 Å². The van der Waals surface area contributed by atoms with E-state index in [9.17, 15) is 13.2 Å². The third-order valence-corrected chi connectivity index (χ3v) is 5.65. The number of hydrogen-bond donors (Lipinski definition) is 1. The van der Waals surface area contributed by atoms with Crippen LogP contribution in [-0.2, 0) is 12.7 Å². The fourth-order valence-electron chi connectivity index (χ4n) is 3.87. The lowest BCUT2D eigenvalue weighted by Gasteiger charge is -2.27. The Hall–Kier alpha value is -3.40. The van der Waals surface area contributed by atoms with Crippen molar-refractivity contribution in [1.29, 1.82) is 0 Å². The van der Waals surface area contributed by atoms with Gasteiger partial charge in [-0.05, 0) is 30.7 Å². The van der Waals surface area contributed by atoms with Crippen molar-refractivity contribution in [3.05, 3.63) is 65.3 Å². The van der Waals surface area contributed by atoms with Crippen LogP contribution in [0.1, 0.15) is 23.6 Å². The monoisotopic (exact) mass is 460 g/mol. The van der Waals surface area contributed by atoms with E-state index in [-0.39, 0.29) is 17.2 Å². The van der Waals surface area contributed by atoms with E-state index in [2.05, 4.69) is 20.2 Å². The van der Waals surface area contributed by atoms with Gasteiger partial charge < -0.3 is 9.30 Å². The zero-order valence-electron chi connectivity index (χ0n) is 16.5. The van der Waals surface area contributed by atoms with E-state index in [0.29, 0.717) is 29.6 Å². The van der Waals surface area contributed by atoms with Crippen LogP contribution in [0.5, 0.6) is 5.75 Å². The van der Waals surface area contributed by atoms with E-state index in [1.807, 2.05) is 34.2 Å². The predicted octanol–water partition coefficient (Wildman–Crippen LogP) is 4.97. The number of alkyl halides is 3. The quantitative estimate of drug-likeness (QED) is 0.465. The van der Waals surface area contributed by atoms with Gasteiger partial charge in [0.15, 0.2) is 5.69 Å². The van der Waals surface area contributed by atoms with Crippen molar-refractivity contribution in [3.63, 3.8) is 0 Å². The van der Waals surface area contributed by atoms with Gasteiger partial charge in [-0.15, -0.1) is 0 Å². The number of nitrogens with one attached hydrogen (secondary N) is 1. The Labute approximate surface area is 185 Å². The zero-order valence-corrected chi connectivity index (χ0v) is 17.2. The van der Waals surface area contributed by atoms with Gasteiger partial charge in [0.2, 0.25) is 0 Å².